The maximum absolute atomic E-state index is 13.2. The van der Waals surface area contributed by atoms with Crippen LogP contribution in [0.1, 0.15) is 31.4 Å². The number of hydrogen-bond acceptors (Lipinski definition) is 3. The number of amides is 1. The van der Waals surface area contributed by atoms with Gasteiger partial charge in [0, 0.05) is 5.56 Å². The second-order valence-corrected chi connectivity index (χ2v) is 4.74. The van der Waals surface area contributed by atoms with E-state index in [2.05, 4.69) is 5.32 Å². The lowest BCUT2D eigenvalue weighted by Gasteiger charge is -2.19. The molecule has 1 aliphatic rings. The third-order valence-corrected chi connectivity index (χ3v) is 3.25. The van der Waals surface area contributed by atoms with Gasteiger partial charge in [-0.25, -0.2) is 4.39 Å². The minimum Gasteiger partial charge on any atom is -0.496 e. The Morgan fingerprint density at radius 2 is 2.16 bits per heavy atom. The average molecular weight is 289 g/mol. The molecule has 1 aromatic carbocycles. The van der Waals surface area contributed by atoms with Gasteiger partial charge in [0.2, 0.25) is 5.91 Å². The SMILES string of the molecule is COc1ccc(F)cc1C(C)NC(=O)C1(N)CC1.Cl. The van der Waals surface area contributed by atoms with E-state index in [0.29, 0.717) is 24.2 Å². The van der Waals surface area contributed by atoms with E-state index in [4.69, 9.17) is 10.5 Å². The summed E-state index contributed by atoms with van der Waals surface area (Å²) < 4.78 is 18.4. The quantitative estimate of drug-likeness (QED) is 0.890. The van der Waals surface area contributed by atoms with Crippen molar-refractivity contribution < 1.29 is 13.9 Å². The highest BCUT2D eigenvalue weighted by molar-refractivity contribution is 5.89. The standard InChI is InChI=1S/C13H17FN2O2.ClH/c1-8(16-12(17)13(15)5-6-13)10-7-9(14)3-4-11(10)18-2;/h3-4,7-8H,5-6,15H2,1-2H3,(H,16,17);1H. The highest BCUT2D eigenvalue weighted by atomic mass is 35.5. The zero-order valence-electron chi connectivity index (χ0n) is 10.9. The Labute approximate surface area is 117 Å². The second kappa shape index (κ2) is 5.75. The average Bonchev–Trinajstić information content (AvgIpc) is 3.08. The molecule has 1 aromatic rings. The summed E-state index contributed by atoms with van der Waals surface area (Å²) in [5.41, 5.74) is 5.68. The Balaban J connectivity index is 0.00000180. The van der Waals surface area contributed by atoms with Crippen molar-refractivity contribution in [3.05, 3.63) is 29.6 Å². The molecule has 6 heteroatoms. The summed E-state index contributed by atoms with van der Waals surface area (Å²) >= 11 is 0. The summed E-state index contributed by atoms with van der Waals surface area (Å²) in [5.74, 6) is -0.00633. The highest BCUT2D eigenvalue weighted by Crippen LogP contribution is 2.33. The minimum atomic E-state index is -0.727. The third kappa shape index (κ3) is 3.36. The molecule has 0 bridgehead atoms. The molecule has 0 spiro atoms. The van der Waals surface area contributed by atoms with E-state index >= 15 is 0 Å². The molecule has 0 radical (unpaired) electrons. The number of hydrogen-bond donors (Lipinski definition) is 2. The molecule has 106 valence electrons. The minimum absolute atomic E-state index is 0. The lowest BCUT2D eigenvalue weighted by atomic mass is 10.1. The maximum Gasteiger partial charge on any atom is 0.240 e. The number of methoxy groups -OCH3 is 1. The van der Waals surface area contributed by atoms with Gasteiger partial charge in [0.05, 0.1) is 18.7 Å². The van der Waals surface area contributed by atoms with Gasteiger partial charge in [-0.3, -0.25) is 4.79 Å². The molecular weight excluding hydrogens is 271 g/mol. The van der Waals surface area contributed by atoms with Crippen molar-refractivity contribution >= 4 is 18.3 Å². The monoisotopic (exact) mass is 288 g/mol. The first-order chi connectivity index (χ1) is 8.46. The van der Waals surface area contributed by atoms with Crippen molar-refractivity contribution in [2.75, 3.05) is 7.11 Å². The number of ether oxygens (including phenoxy) is 1. The van der Waals surface area contributed by atoms with Crippen molar-refractivity contribution in [3.63, 3.8) is 0 Å². The molecule has 1 aliphatic carbocycles. The topological polar surface area (TPSA) is 64.3 Å². The van der Waals surface area contributed by atoms with E-state index in [1.165, 1.54) is 19.2 Å². The van der Waals surface area contributed by atoms with Gasteiger partial charge in [0.15, 0.2) is 0 Å². The number of nitrogens with two attached hydrogens (primary N) is 1. The van der Waals surface area contributed by atoms with Crippen LogP contribution in [0.2, 0.25) is 0 Å². The van der Waals surface area contributed by atoms with Crippen molar-refractivity contribution in [1.82, 2.24) is 5.32 Å². The van der Waals surface area contributed by atoms with Crippen LogP contribution in [0.4, 0.5) is 4.39 Å². The summed E-state index contributed by atoms with van der Waals surface area (Å²) in [6.45, 7) is 1.78. The maximum atomic E-state index is 13.2. The molecule has 1 fully saturated rings. The van der Waals surface area contributed by atoms with Gasteiger partial charge >= 0.3 is 0 Å². The molecule has 0 aliphatic heterocycles. The van der Waals surface area contributed by atoms with Crippen LogP contribution in [-0.4, -0.2) is 18.6 Å². The van der Waals surface area contributed by atoms with Gasteiger partial charge < -0.3 is 15.8 Å². The smallest absolute Gasteiger partial charge is 0.240 e. The summed E-state index contributed by atoms with van der Waals surface area (Å²) in [6.07, 6.45) is 1.40. The predicted octanol–water partition coefficient (Wildman–Crippen LogP) is 1.92. The van der Waals surface area contributed by atoms with Crippen LogP contribution in [0.3, 0.4) is 0 Å². The molecule has 4 nitrogen and oxygen atoms in total. The van der Waals surface area contributed by atoms with Gasteiger partial charge in [-0.15, -0.1) is 12.4 Å². The largest absolute Gasteiger partial charge is 0.496 e. The van der Waals surface area contributed by atoms with Gasteiger partial charge in [0.25, 0.3) is 0 Å². The Morgan fingerprint density at radius 3 is 2.68 bits per heavy atom. The number of nitrogens with one attached hydrogen (secondary N) is 1. The molecule has 0 aromatic heterocycles. The van der Waals surface area contributed by atoms with Crippen molar-refractivity contribution in [1.29, 1.82) is 0 Å². The fourth-order valence-electron chi connectivity index (χ4n) is 1.82. The molecular formula is C13H18ClFN2O2. The van der Waals surface area contributed by atoms with Crippen LogP contribution in [0.15, 0.2) is 18.2 Å². The molecule has 2 rings (SSSR count). The Hall–Kier alpha value is -1.33. The second-order valence-electron chi connectivity index (χ2n) is 4.74. The normalized spacial score (nSPS) is 17.1. The number of benzene rings is 1. The molecule has 1 atom stereocenters. The van der Waals surface area contributed by atoms with Gasteiger partial charge in [0.1, 0.15) is 11.6 Å². The first kappa shape index (κ1) is 15.7. The van der Waals surface area contributed by atoms with E-state index in [0.717, 1.165) is 0 Å². The molecule has 1 amide bonds. The fourth-order valence-corrected chi connectivity index (χ4v) is 1.82. The highest BCUT2D eigenvalue weighted by Gasteiger charge is 2.46. The number of rotatable bonds is 4. The van der Waals surface area contributed by atoms with Gasteiger partial charge in [-0.05, 0) is 38.0 Å². The lowest BCUT2D eigenvalue weighted by Crippen LogP contribution is -2.43. The summed E-state index contributed by atoms with van der Waals surface area (Å²) in [5, 5.41) is 2.79. The summed E-state index contributed by atoms with van der Waals surface area (Å²) in [4.78, 5) is 11.8. The zero-order valence-corrected chi connectivity index (χ0v) is 11.7. The number of carbonyl (C=O) groups is 1. The van der Waals surface area contributed by atoms with Gasteiger partial charge in [-0.1, -0.05) is 0 Å². The molecule has 0 heterocycles. The molecule has 3 N–H and O–H groups in total. The lowest BCUT2D eigenvalue weighted by molar-refractivity contribution is -0.123. The Kier molecular flexibility index (Phi) is 4.76. The third-order valence-electron chi connectivity index (χ3n) is 3.25. The van der Waals surface area contributed by atoms with E-state index < -0.39 is 5.54 Å². The summed E-state index contributed by atoms with van der Waals surface area (Å²) in [6, 6.07) is 3.88. The van der Waals surface area contributed by atoms with Crippen molar-refractivity contribution in [2.24, 2.45) is 5.73 Å². The number of halogens is 2. The van der Waals surface area contributed by atoms with Crippen LogP contribution in [-0.2, 0) is 4.79 Å². The number of carbonyl (C=O) groups excluding carboxylic acids is 1. The van der Waals surface area contributed by atoms with Crippen LogP contribution < -0.4 is 15.8 Å². The Bertz CT molecular complexity index is 478. The first-order valence-electron chi connectivity index (χ1n) is 5.89. The Morgan fingerprint density at radius 1 is 1.53 bits per heavy atom. The zero-order chi connectivity index (χ0) is 13.3. The van der Waals surface area contributed by atoms with E-state index in [1.54, 1.807) is 13.0 Å². The molecule has 1 unspecified atom stereocenters. The molecule has 1 saturated carbocycles. The van der Waals surface area contributed by atoms with Crippen LogP contribution in [0, 0.1) is 5.82 Å². The van der Waals surface area contributed by atoms with Crippen LogP contribution >= 0.6 is 12.4 Å². The van der Waals surface area contributed by atoms with Crippen molar-refractivity contribution in [2.45, 2.75) is 31.3 Å². The predicted molar refractivity (Wildman–Crippen MR) is 72.9 cm³/mol. The molecule has 19 heavy (non-hydrogen) atoms. The van der Waals surface area contributed by atoms with E-state index in [9.17, 15) is 9.18 Å². The van der Waals surface area contributed by atoms with E-state index in [1.807, 2.05) is 0 Å². The van der Waals surface area contributed by atoms with Crippen molar-refractivity contribution in [3.8, 4) is 5.75 Å². The first-order valence-corrected chi connectivity index (χ1v) is 5.89. The van der Waals surface area contributed by atoms with E-state index in [-0.39, 0.29) is 30.2 Å². The molecule has 0 saturated heterocycles. The van der Waals surface area contributed by atoms with Crippen LogP contribution in [0.5, 0.6) is 5.75 Å². The van der Waals surface area contributed by atoms with Crippen LogP contribution in [0.25, 0.3) is 0 Å². The summed E-state index contributed by atoms with van der Waals surface area (Å²) in [7, 11) is 1.51. The van der Waals surface area contributed by atoms with Gasteiger partial charge in [-0.2, -0.15) is 0 Å². The fraction of sp³-hybridized carbons (Fsp3) is 0.462.